The van der Waals surface area contributed by atoms with E-state index in [0.29, 0.717) is 18.4 Å². The maximum Gasteiger partial charge on any atom is 0.223 e. The van der Waals surface area contributed by atoms with E-state index in [-0.39, 0.29) is 5.91 Å². The summed E-state index contributed by atoms with van der Waals surface area (Å²) in [5.41, 5.74) is 2.63. The Balaban J connectivity index is 0.000000371. The minimum absolute atomic E-state index is 0.280. The van der Waals surface area contributed by atoms with E-state index in [4.69, 9.17) is 0 Å². The second kappa shape index (κ2) is 6.53. The molecule has 1 aliphatic heterocycles. The molecule has 0 radical (unpaired) electrons. The zero-order valence-electron chi connectivity index (χ0n) is 12.1. The van der Waals surface area contributed by atoms with Crippen LogP contribution in [-0.2, 0) is 11.2 Å². The number of carbonyl (C=O) groups excluding carboxylic acids is 1. The first kappa shape index (κ1) is 14.7. The van der Waals surface area contributed by atoms with Gasteiger partial charge in [0.1, 0.15) is 0 Å². The molecule has 0 N–H and O–H groups in total. The van der Waals surface area contributed by atoms with Crippen LogP contribution in [0.4, 0.5) is 0 Å². The third-order valence-electron chi connectivity index (χ3n) is 3.44. The highest BCUT2D eigenvalue weighted by atomic mass is 16.2. The number of fused-ring (bicyclic) bond motifs is 3. The molecule has 3 heteroatoms. The van der Waals surface area contributed by atoms with Crippen molar-refractivity contribution in [2.45, 2.75) is 46.6 Å². The predicted molar refractivity (Wildman–Crippen MR) is 74.3 cm³/mol. The summed E-state index contributed by atoms with van der Waals surface area (Å²) in [7, 11) is 1.91. The lowest BCUT2D eigenvalue weighted by atomic mass is 10.0. The number of pyridine rings is 1. The second-order valence-corrected chi connectivity index (χ2v) is 4.19. The highest BCUT2D eigenvalue weighted by molar-refractivity contribution is 5.80. The lowest BCUT2D eigenvalue weighted by Crippen LogP contribution is -2.22. The third-order valence-corrected chi connectivity index (χ3v) is 3.44. The summed E-state index contributed by atoms with van der Waals surface area (Å²) >= 11 is 0. The minimum atomic E-state index is 0.280. The quantitative estimate of drug-likeness (QED) is 0.706. The second-order valence-electron chi connectivity index (χ2n) is 4.19. The monoisotopic (exact) mass is 248 g/mol. The molecule has 18 heavy (non-hydrogen) atoms. The van der Waals surface area contributed by atoms with Crippen LogP contribution in [0.25, 0.3) is 0 Å². The van der Waals surface area contributed by atoms with Gasteiger partial charge in [-0.15, -0.1) is 0 Å². The normalized spacial score (nSPS) is 23.4. The van der Waals surface area contributed by atoms with Crippen LogP contribution in [0.1, 0.15) is 51.3 Å². The van der Waals surface area contributed by atoms with E-state index < -0.39 is 0 Å². The van der Waals surface area contributed by atoms with E-state index in [0.717, 1.165) is 6.42 Å². The van der Waals surface area contributed by atoms with Crippen LogP contribution in [0.3, 0.4) is 0 Å². The van der Waals surface area contributed by atoms with Crippen molar-refractivity contribution in [1.29, 1.82) is 0 Å². The van der Waals surface area contributed by atoms with Crippen LogP contribution in [0.15, 0.2) is 18.5 Å². The summed E-state index contributed by atoms with van der Waals surface area (Å²) in [4.78, 5) is 17.5. The predicted octanol–water partition coefficient (Wildman–Crippen LogP) is 3.21. The standard InChI is InChI=1S/C11H12N2O.2C2H6/c1-13-10(14)5-7-4-8-6-12-3-2-9(8)11(7)13;2*1-2/h2-3,6-7,11H,4-5H2,1H3;2*1-2H3. The van der Waals surface area contributed by atoms with Crippen molar-refractivity contribution >= 4 is 5.91 Å². The van der Waals surface area contributed by atoms with E-state index in [1.54, 1.807) is 0 Å². The molecular weight excluding hydrogens is 224 g/mol. The van der Waals surface area contributed by atoms with E-state index in [9.17, 15) is 4.79 Å². The van der Waals surface area contributed by atoms with Gasteiger partial charge in [-0.05, 0) is 29.5 Å². The molecule has 2 atom stereocenters. The Bertz CT molecular complexity index is 403. The van der Waals surface area contributed by atoms with Crippen molar-refractivity contribution < 1.29 is 4.79 Å². The van der Waals surface area contributed by atoms with Gasteiger partial charge in [0.05, 0.1) is 6.04 Å². The van der Waals surface area contributed by atoms with Crippen LogP contribution in [-0.4, -0.2) is 22.8 Å². The summed E-state index contributed by atoms with van der Waals surface area (Å²) in [5.74, 6) is 0.772. The first-order chi connectivity index (χ1) is 8.77. The lowest BCUT2D eigenvalue weighted by Gasteiger charge is -2.19. The van der Waals surface area contributed by atoms with Crippen molar-refractivity contribution in [3.63, 3.8) is 0 Å². The van der Waals surface area contributed by atoms with Crippen LogP contribution >= 0.6 is 0 Å². The number of nitrogens with zero attached hydrogens (tertiary/aromatic N) is 2. The van der Waals surface area contributed by atoms with E-state index >= 15 is 0 Å². The van der Waals surface area contributed by atoms with Crippen LogP contribution in [0.5, 0.6) is 0 Å². The van der Waals surface area contributed by atoms with Gasteiger partial charge in [0, 0.05) is 25.9 Å². The van der Waals surface area contributed by atoms with E-state index in [1.807, 2.05) is 52.0 Å². The van der Waals surface area contributed by atoms with Gasteiger partial charge in [-0.3, -0.25) is 9.78 Å². The highest BCUT2D eigenvalue weighted by Crippen LogP contribution is 2.45. The summed E-state index contributed by atoms with van der Waals surface area (Å²) in [6, 6.07) is 2.37. The first-order valence-corrected chi connectivity index (χ1v) is 6.96. The van der Waals surface area contributed by atoms with Gasteiger partial charge in [-0.2, -0.15) is 0 Å². The number of carbonyl (C=O) groups is 1. The molecule has 2 heterocycles. The Hall–Kier alpha value is -1.38. The maximum absolute atomic E-state index is 11.5. The Kier molecular flexibility index (Phi) is 5.32. The van der Waals surface area contributed by atoms with Gasteiger partial charge >= 0.3 is 0 Å². The molecule has 0 aromatic carbocycles. The van der Waals surface area contributed by atoms with Gasteiger partial charge in [0.15, 0.2) is 0 Å². The molecule has 1 saturated heterocycles. The summed E-state index contributed by atoms with van der Waals surface area (Å²) in [5, 5.41) is 0. The van der Waals surface area contributed by atoms with Gasteiger partial charge in [-0.25, -0.2) is 0 Å². The fourth-order valence-electron chi connectivity index (χ4n) is 2.78. The van der Waals surface area contributed by atoms with Crippen molar-refractivity contribution in [2.24, 2.45) is 5.92 Å². The fourth-order valence-corrected chi connectivity index (χ4v) is 2.78. The topological polar surface area (TPSA) is 33.2 Å². The van der Waals surface area contributed by atoms with Gasteiger partial charge in [-0.1, -0.05) is 27.7 Å². The van der Waals surface area contributed by atoms with Gasteiger partial charge < -0.3 is 4.90 Å². The molecular formula is C15H24N2O. The molecule has 2 aliphatic rings. The average molecular weight is 248 g/mol. The van der Waals surface area contributed by atoms with Crippen molar-refractivity contribution in [3.8, 4) is 0 Å². The molecule has 3 nitrogen and oxygen atoms in total. The molecule has 1 aliphatic carbocycles. The number of rotatable bonds is 0. The maximum atomic E-state index is 11.5. The average Bonchev–Trinajstić information content (AvgIpc) is 2.92. The van der Waals surface area contributed by atoms with Crippen LogP contribution in [0.2, 0.25) is 0 Å². The molecule has 0 bridgehead atoms. The van der Waals surface area contributed by atoms with Crippen LogP contribution in [0, 0.1) is 5.92 Å². The van der Waals surface area contributed by atoms with Gasteiger partial charge in [0.25, 0.3) is 0 Å². The zero-order valence-corrected chi connectivity index (χ0v) is 12.1. The van der Waals surface area contributed by atoms with E-state index in [1.165, 1.54) is 11.1 Å². The molecule has 1 fully saturated rings. The molecule has 100 valence electrons. The zero-order chi connectivity index (χ0) is 13.7. The Morgan fingerprint density at radius 1 is 1.22 bits per heavy atom. The summed E-state index contributed by atoms with van der Waals surface area (Å²) < 4.78 is 0. The SMILES string of the molecule is CC.CC.CN1C(=O)CC2Cc3cnccc3C21. The van der Waals surface area contributed by atoms with Gasteiger partial charge in [0.2, 0.25) is 5.91 Å². The highest BCUT2D eigenvalue weighted by Gasteiger charge is 2.43. The van der Waals surface area contributed by atoms with Crippen molar-refractivity contribution in [3.05, 3.63) is 29.6 Å². The molecule has 3 rings (SSSR count). The summed E-state index contributed by atoms with van der Waals surface area (Å²) in [6.07, 6.45) is 5.48. The number of amides is 1. The molecule has 2 unspecified atom stereocenters. The number of likely N-dealkylation sites (tertiary alicyclic amines) is 1. The first-order valence-electron chi connectivity index (χ1n) is 6.96. The number of aromatic nitrogens is 1. The fraction of sp³-hybridized carbons (Fsp3) is 0.600. The minimum Gasteiger partial charge on any atom is -0.338 e. The Labute approximate surface area is 110 Å². The number of hydrogen-bond donors (Lipinski definition) is 0. The molecule has 1 aromatic heterocycles. The number of hydrogen-bond acceptors (Lipinski definition) is 2. The summed E-state index contributed by atoms with van der Waals surface area (Å²) in [6.45, 7) is 8.00. The lowest BCUT2D eigenvalue weighted by molar-refractivity contribution is -0.127. The van der Waals surface area contributed by atoms with Crippen molar-refractivity contribution in [1.82, 2.24) is 9.88 Å². The molecule has 1 amide bonds. The van der Waals surface area contributed by atoms with Crippen molar-refractivity contribution in [2.75, 3.05) is 7.05 Å². The van der Waals surface area contributed by atoms with E-state index in [2.05, 4.69) is 11.1 Å². The Morgan fingerprint density at radius 2 is 1.89 bits per heavy atom. The third kappa shape index (κ3) is 2.40. The van der Waals surface area contributed by atoms with Crippen LogP contribution < -0.4 is 0 Å². The largest absolute Gasteiger partial charge is 0.338 e. The molecule has 0 saturated carbocycles. The Morgan fingerprint density at radius 3 is 2.56 bits per heavy atom. The smallest absolute Gasteiger partial charge is 0.223 e. The molecule has 1 aromatic rings. The molecule has 0 spiro atoms.